The molecule has 2 aliphatic heterocycles. The van der Waals surface area contributed by atoms with E-state index >= 15 is 0 Å². The average molecular weight is 286 g/mol. The number of morpholine rings is 1. The molecule has 0 aromatic carbocycles. The van der Waals surface area contributed by atoms with Gasteiger partial charge in [0.2, 0.25) is 0 Å². The van der Waals surface area contributed by atoms with E-state index in [1.165, 1.54) is 8.61 Å². The first-order valence-corrected chi connectivity index (χ1v) is 7.09. The molecule has 6 nitrogen and oxygen atoms in total. The van der Waals surface area contributed by atoms with E-state index in [-0.39, 0.29) is 18.4 Å². The molecule has 1 unspecified atom stereocenters. The maximum atomic E-state index is 12.2. The Morgan fingerprint density at radius 1 is 1.12 bits per heavy atom. The second-order valence-corrected chi connectivity index (χ2v) is 6.21. The smallest absolute Gasteiger partial charge is 0.282 e. The molecule has 0 bridgehead atoms. The van der Waals surface area contributed by atoms with Gasteiger partial charge in [-0.15, -0.1) is 12.4 Å². The van der Waals surface area contributed by atoms with Gasteiger partial charge in [-0.05, 0) is 12.8 Å². The summed E-state index contributed by atoms with van der Waals surface area (Å²) in [5, 5.41) is 0. The van der Waals surface area contributed by atoms with Crippen molar-refractivity contribution < 1.29 is 13.2 Å². The van der Waals surface area contributed by atoms with Crippen LogP contribution in [0.1, 0.15) is 12.8 Å². The third-order valence-electron chi connectivity index (χ3n) is 3.04. The van der Waals surface area contributed by atoms with Gasteiger partial charge in [0.1, 0.15) is 0 Å². The van der Waals surface area contributed by atoms with Crippen LogP contribution in [0, 0.1) is 0 Å². The highest BCUT2D eigenvalue weighted by Crippen LogP contribution is 2.16. The number of ether oxygens (including phenoxy) is 1. The Morgan fingerprint density at radius 2 is 1.76 bits per heavy atom. The maximum Gasteiger partial charge on any atom is 0.282 e. The van der Waals surface area contributed by atoms with E-state index in [2.05, 4.69) is 0 Å². The van der Waals surface area contributed by atoms with E-state index in [9.17, 15) is 8.42 Å². The van der Waals surface area contributed by atoms with Gasteiger partial charge < -0.3 is 10.5 Å². The Bertz CT molecular complexity index is 332. The van der Waals surface area contributed by atoms with Crippen LogP contribution in [0.25, 0.3) is 0 Å². The Morgan fingerprint density at radius 3 is 2.35 bits per heavy atom. The van der Waals surface area contributed by atoms with Gasteiger partial charge in [-0.3, -0.25) is 0 Å². The highest BCUT2D eigenvalue weighted by Gasteiger charge is 2.33. The fourth-order valence-electron chi connectivity index (χ4n) is 2.12. The quantitative estimate of drug-likeness (QED) is 0.736. The predicted octanol–water partition coefficient (Wildman–Crippen LogP) is -0.592. The third-order valence-corrected chi connectivity index (χ3v) is 5.05. The number of nitrogens with zero attached hydrogens (tertiary/aromatic N) is 2. The SMILES string of the molecule is Cl.NC1CCCN(S(=O)(=O)N2CCOCC2)C1. The molecule has 8 heteroatoms. The van der Waals surface area contributed by atoms with Crippen molar-refractivity contribution >= 4 is 22.6 Å². The summed E-state index contributed by atoms with van der Waals surface area (Å²) in [7, 11) is -3.31. The fraction of sp³-hybridized carbons (Fsp3) is 1.00. The van der Waals surface area contributed by atoms with Gasteiger partial charge in [0.05, 0.1) is 13.2 Å². The van der Waals surface area contributed by atoms with Crippen LogP contribution in [-0.4, -0.2) is 62.5 Å². The van der Waals surface area contributed by atoms with Crippen molar-refractivity contribution in [3.8, 4) is 0 Å². The minimum absolute atomic E-state index is 0. The van der Waals surface area contributed by atoms with Crippen molar-refractivity contribution in [3.63, 3.8) is 0 Å². The van der Waals surface area contributed by atoms with E-state index in [0.717, 1.165) is 12.8 Å². The molecule has 0 spiro atoms. The van der Waals surface area contributed by atoms with Gasteiger partial charge in [-0.25, -0.2) is 0 Å². The molecule has 0 aromatic heterocycles. The molecule has 2 N–H and O–H groups in total. The fourth-order valence-corrected chi connectivity index (χ4v) is 3.80. The largest absolute Gasteiger partial charge is 0.379 e. The molecule has 0 amide bonds. The van der Waals surface area contributed by atoms with Crippen LogP contribution in [0.5, 0.6) is 0 Å². The lowest BCUT2D eigenvalue weighted by atomic mass is 10.1. The van der Waals surface area contributed by atoms with Gasteiger partial charge in [0, 0.05) is 32.2 Å². The van der Waals surface area contributed by atoms with Crippen LogP contribution in [-0.2, 0) is 14.9 Å². The molecule has 102 valence electrons. The summed E-state index contributed by atoms with van der Waals surface area (Å²) in [5.41, 5.74) is 5.80. The van der Waals surface area contributed by atoms with E-state index < -0.39 is 10.2 Å². The molecule has 0 saturated carbocycles. The molecule has 17 heavy (non-hydrogen) atoms. The molecule has 0 aromatic rings. The Hall–Kier alpha value is 0.0800. The number of piperidine rings is 1. The van der Waals surface area contributed by atoms with Crippen LogP contribution in [0.15, 0.2) is 0 Å². The summed E-state index contributed by atoms with van der Waals surface area (Å²) < 4.78 is 32.6. The molecule has 2 fully saturated rings. The van der Waals surface area contributed by atoms with Crippen LogP contribution in [0.3, 0.4) is 0 Å². The van der Waals surface area contributed by atoms with Gasteiger partial charge in [0.25, 0.3) is 10.2 Å². The Kier molecular flexibility index (Phi) is 5.62. The second-order valence-electron chi connectivity index (χ2n) is 4.28. The summed E-state index contributed by atoms with van der Waals surface area (Å²) >= 11 is 0. The normalized spacial score (nSPS) is 28.6. The highest BCUT2D eigenvalue weighted by molar-refractivity contribution is 7.86. The van der Waals surface area contributed by atoms with E-state index in [1.54, 1.807) is 0 Å². The van der Waals surface area contributed by atoms with Crippen molar-refractivity contribution in [1.82, 2.24) is 8.61 Å². The standard InChI is InChI=1S/C9H19N3O3S.ClH/c10-9-2-1-3-12(8-9)16(13,14)11-4-6-15-7-5-11;/h9H,1-8,10H2;1H. The number of hydrogen-bond acceptors (Lipinski definition) is 4. The van der Waals surface area contributed by atoms with E-state index in [4.69, 9.17) is 10.5 Å². The van der Waals surface area contributed by atoms with E-state index in [0.29, 0.717) is 39.4 Å². The highest BCUT2D eigenvalue weighted by atomic mass is 35.5. The molecular formula is C9H20ClN3O3S. The molecule has 2 saturated heterocycles. The first-order valence-electron chi connectivity index (χ1n) is 5.69. The van der Waals surface area contributed by atoms with Crippen molar-refractivity contribution in [1.29, 1.82) is 0 Å². The van der Waals surface area contributed by atoms with Crippen molar-refractivity contribution in [2.24, 2.45) is 5.73 Å². The Balaban J connectivity index is 0.00000144. The molecule has 2 rings (SSSR count). The zero-order chi connectivity index (χ0) is 11.6. The van der Waals surface area contributed by atoms with Gasteiger partial charge >= 0.3 is 0 Å². The maximum absolute atomic E-state index is 12.2. The summed E-state index contributed by atoms with van der Waals surface area (Å²) in [6.45, 7) is 2.91. The predicted molar refractivity (Wildman–Crippen MR) is 67.3 cm³/mol. The molecule has 2 heterocycles. The summed E-state index contributed by atoms with van der Waals surface area (Å²) in [6.07, 6.45) is 1.76. The van der Waals surface area contributed by atoms with Gasteiger partial charge in [-0.1, -0.05) is 0 Å². The third kappa shape index (κ3) is 3.52. The number of halogens is 1. The lowest BCUT2D eigenvalue weighted by molar-refractivity contribution is 0.0695. The minimum Gasteiger partial charge on any atom is -0.379 e. The summed E-state index contributed by atoms with van der Waals surface area (Å²) in [6, 6.07) is -0.0236. The Labute approximate surface area is 109 Å². The second kappa shape index (κ2) is 6.31. The summed E-state index contributed by atoms with van der Waals surface area (Å²) in [4.78, 5) is 0. The molecular weight excluding hydrogens is 266 g/mol. The van der Waals surface area contributed by atoms with Gasteiger partial charge in [0.15, 0.2) is 0 Å². The lowest BCUT2D eigenvalue weighted by Crippen LogP contribution is -2.53. The van der Waals surface area contributed by atoms with Crippen LogP contribution in [0.4, 0.5) is 0 Å². The molecule has 0 aliphatic carbocycles. The van der Waals surface area contributed by atoms with Crippen LogP contribution in [0.2, 0.25) is 0 Å². The van der Waals surface area contributed by atoms with Crippen molar-refractivity contribution in [2.45, 2.75) is 18.9 Å². The number of rotatable bonds is 2. The van der Waals surface area contributed by atoms with E-state index in [1.807, 2.05) is 0 Å². The molecule has 0 radical (unpaired) electrons. The summed E-state index contributed by atoms with van der Waals surface area (Å²) in [5.74, 6) is 0. The van der Waals surface area contributed by atoms with Crippen LogP contribution >= 0.6 is 12.4 Å². The van der Waals surface area contributed by atoms with Crippen molar-refractivity contribution in [2.75, 3.05) is 39.4 Å². The average Bonchev–Trinajstić information content (AvgIpc) is 2.30. The minimum atomic E-state index is -3.31. The topological polar surface area (TPSA) is 75.9 Å². The zero-order valence-corrected chi connectivity index (χ0v) is 11.4. The van der Waals surface area contributed by atoms with Crippen molar-refractivity contribution in [3.05, 3.63) is 0 Å². The monoisotopic (exact) mass is 285 g/mol. The zero-order valence-electron chi connectivity index (χ0n) is 9.75. The first kappa shape index (κ1) is 15.1. The molecule has 2 aliphatic rings. The lowest BCUT2D eigenvalue weighted by Gasteiger charge is -2.35. The first-order chi connectivity index (χ1) is 7.60. The number of hydrogen-bond donors (Lipinski definition) is 1. The van der Waals surface area contributed by atoms with Gasteiger partial charge in [-0.2, -0.15) is 17.0 Å². The number of nitrogens with two attached hydrogens (primary N) is 1. The molecule has 1 atom stereocenters. The van der Waals surface area contributed by atoms with Crippen LogP contribution < -0.4 is 5.73 Å².